The minimum atomic E-state index is -0.774. The summed E-state index contributed by atoms with van der Waals surface area (Å²) in [6.45, 7) is 8.22. The Bertz CT molecular complexity index is 644. The molecule has 1 heterocycles. The van der Waals surface area contributed by atoms with Crippen molar-refractivity contribution >= 4 is 16.7 Å². The number of aromatic nitrogens is 1. The Morgan fingerprint density at radius 2 is 2.00 bits per heavy atom. The molecule has 0 aliphatic heterocycles. The second-order valence-electron chi connectivity index (χ2n) is 6.27. The lowest BCUT2D eigenvalue weighted by atomic mass is 9.80. The van der Waals surface area contributed by atoms with Gasteiger partial charge in [-0.2, -0.15) is 0 Å². The fraction of sp³-hybridized carbons (Fsp3) is 0.412. The maximum Gasteiger partial charge on any atom is 0.304 e. The van der Waals surface area contributed by atoms with Crippen LogP contribution in [0.1, 0.15) is 51.2 Å². The molecule has 0 unspecified atom stereocenters. The number of nitrogens with zero attached hydrogens (tertiary/aromatic N) is 1. The number of hydrogen-bond donors (Lipinski definition) is 1. The smallest absolute Gasteiger partial charge is 0.304 e. The van der Waals surface area contributed by atoms with Gasteiger partial charge < -0.3 is 5.11 Å². The van der Waals surface area contributed by atoms with Gasteiger partial charge in [0, 0.05) is 23.2 Å². The van der Waals surface area contributed by atoms with Crippen LogP contribution in [0.4, 0.5) is 0 Å². The van der Waals surface area contributed by atoms with E-state index in [1.54, 1.807) is 0 Å². The van der Waals surface area contributed by atoms with Gasteiger partial charge in [0.15, 0.2) is 0 Å². The summed E-state index contributed by atoms with van der Waals surface area (Å²) in [5.74, 6) is -0.353. The average molecular weight is 271 g/mol. The molecule has 1 aromatic heterocycles. The highest BCUT2D eigenvalue weighted by atomic mass is 16.4. The van der Waals surface area contributed by atoms with Crippen LogP contribution in [0.25, 0.3) is 10.8 Å². The molecule has 1 aromatic carbocycles. The number of hydrogen-bond acceptors (Lipinski definition) is 2. The van der Waals surface area contributed by atoms with E-state index in [2.05, 4.69) is 31.0 Å². The molecule has 0 saturated heterocycles. The number of carbonyl (C=O) groups is 1. The number of carboxylic acids is 1. The van der Waals surface area contributed by atoms with Crippen molar-refractivity contribution in [2.45, 2.75) is 45.4 Å². The molecule has 3 heteroatoms. The van der Waals surface area contributed by atoms with Crippen molar-refractivity contribution in [2.75, 3.05) is 0 Å². The number of fused-ring (bicyclic) bond motifs is 1. The highest BCUT2D eigenvalue weighted by Gasteiger charge is 2.24. The van der Waals surface area contributed by atoms with Gasteiger partial charge in [0.2, 0.25) is 0 Å². The number of aliphatic carboxylic acids is 1. The van der Waals surface area contributed by atoms with Gasteiger partial charge in [0.05, 0.1) is 6.42 Å². The molecule has 2 rings (SSSR count). The first-order chi connectivity index (χ1) is 9.31. The van der Waals surface area contributed by atoms with Crippen LogP contribution in [0.3, 0.4) is 0 Å². The van der Waals surface area contributed by atoms with Crippen LogP contribution in [0.5, 0.6) is 0 Å². The molecule has 0 spiro atoms. The fourth-order valence-corrected chi connectivity index (χ4v) is 2.56. The summed E-state index contributed by atoms with van der Waals surface area (Å²) < 4.78 is 0. The second-order valence-corrected chi connectivity index (χ2v) is 6.27. The van der Waals surface area contributed by atoms with E-state index in [9.17, 15) is 4.79 Å². The van der Waals surface area contributed by atoms with Crippen LogP contribution in [-0.2, 0) is 10.2 Å². The first-order valence-corrected chi connectivity index (χ1v) is 6.91. The maximum absolute atomic E-state index is 11.0. The summed E-state index contributed by atoms with van der Waals surface area (Å²) in [5.41, 5.74) is 1.88. The summed E-state index contributed by atoms with van der Waals surface area (Å²) in [7, 11) is 0. The van der Waals surface area contributed by atoms with E-state index in [1.165, 1.54) is 10.9 Å². The standard InChI is InChI=1S/C17H21NO2/c1-11(2)15-10-18-9-12-7-13(5-6-14(12)15)17(3,4)8-16(19)20/h5-7,9-11H,8H2,1-4H3,(H,19,20). The van der Waals surface area contributed by atoms with Crippen LogP contribution in [0.2, 0.25) is 0 Å². The van der Waals surface area contributed by atoms with Crippen LogP contribution in [0, 0.1) is 0 Å². The molecule has 0 fully saturated rings. The van der Waals surface area contributed by atoms with E-state index in [1.807, 2.05) is 32.3 Å². The number of carboxylic acid groups (broad SMARTS) is 1. The summed E-state index contributed by atoms with van der Waals surface area (Å²) in [4.78, 5) is 15.3. The molecule has 0 bridgehead atoms. The first kappa shape index (κ1) is 14.5. The molecule has 0 aliphatic rings. The van der Waals surface area contributed by atoms with Crippen molar-refractivity contribution in [3.63, 3.8) is 0 Å². The summed E-state index contributed by atoms with van der Waals surface area (Å²) >= 11 is 0. The highest BCUT2D eigenvalue weighted by Crippen LogP contribution is 2.31. The van der Waals surface area contributed by atoms with Gasteiger partial charge in [-0.3, -0.25) is 9.78 Å². The van der Waals surface area contributed by atoms with Crippen molar-refractivity contribution in [1.82, 2.24) is 4.98 Å². The Morgan fingerprint density at radius 3 is 2.60 bits per heavy atom. The largest absolute Gasteiger partial charge is 0.481 e. The molecule has 0 atom stereocenters. The number of pyridine rings is 1. The van der Waals surface area contributed by atoms with E-state index in [0.29, 0.717) is 5.92 Å². The molecule has 0 amide bonds. The molecular weight excluding hydrogens is 250 g/mol. The molecule has 3 nitrogen and oxygen atoms in total. The summed E-state index contributed by atoms with van der Waals surface area (Å²) in [5, 5.41) is 11.3. The Balaban J connectivity index is 2.52. The van der Waals surface area contributed by atoms with E-state index < -0.39 is 5.97 Å². The first-order valence-electron chi connectivity index (χ1n) is 6.91. The Kier molecular flexibility index (Phi) is 3.80. The van der Waals surface area contributed by atoms with Crippen LogP contribution < -0.4 is 0 Å². The molecule has 0 radical (unpaired) electrons. The van der Waals surface area contributed by atoms with Crippen LogP contribution in [0.15, 0.2) is 30.6 Å². The van der Waals surface area contributed by atoms with E-state index >= 15 is 0 Å². The minimum absolute atomic E-state index is 0.121. The van der Waals surface area contributed by atoms with Gasteiger partial charge >= 0.3 is 5.97 Å². The third-order valence-corrected chi connectivity index (χ3v) is 3.79. The lowest BCUT2D eigenvalue weighted by Crippen LogP contribution is -2.21. The van der Waals surface area contributed by atoms with E-state index in [-0.39, 0.29) is 11.8 Å². The van der Waals surface area contributed by atoms with Crippen LogP contribution in [-0.4, -0.2) is 16.1 Å². The highest BCUT2D eigenvalue weighted by molar-refractivity contribution is 5.86. The van der Waals surface area contributed by atoms with Gasteiger partial charge in [0.1, 0.15) is 0 Å². The molecule has 0 saturated carbocycles. The SMILES string of the molecule is CC(C)c1cncc2cc(C(C)(C)CC(=O)O)ccc12. The van der Waals surface area contributed by atoms with Gasteiger partial charge in [-0.1, -0.05) is 39.8 Å². The average Bonchev–Trinajstić information content (AvgIpc) is 2.35. The summed E-state index contributed by atoms with van der Waals surface area (Å²) in [6.07, 6.45) is 3.88. The monoisotopic (exact) mass is 271 g/mol. The summed E-state index contributed by atoms with van der Waals surface area (Å²) in [6, 6.07) is 6.19. The molecule has 106 valence electrons. The molecule has 0 aliphatic carbocycles. The quantitative estimate of drug-likeness (QED) is 0.910. The fourth-order valence-electron chi connectivity index (χ4n) is 2.56. The van der Waals surface area contributed by atoms with Gasteiger partial charge in [-0.25, -0.2) is 0 Å². The predicted molar refractivity (Wildman–Crippen MR) is 81.1 cm³/mol. The third kappa shape index (κ3) is 2.82. The minimum Gasteiger partial charge on any atom is -0.481 e. The lowest BCUT2D eigenvalue weighted by Gasteiger charge is -2.24. The molecule has 2 aromatic rings. The van der Waals surface area contributed by atoms with Crippen molar-refractivity contribution in [3.8, 4) is 0 Å². The Morgan fingerprint density at radius 1 is 1.30 bits per heavy atom. The maximum atomic E-state index is 11.0. The van der Waals surface area contributed by atoms with Crippen molar-refractivity contribution < 1.29 is 9.90 Å². The molecular formula is C17H21NO2. The van der Waals surface area contributed by atoms with Gasteiger partial charge in [0.25, 0.3) is 0 Å². The third-order valence-electron chi connectivity index (χ3n) is 3.79. The zero-order chi connectivity index (χ0) is 14.9. The van der Waals surface area contributed by atoms with Gasteiger partial charge in [-0.05, 0) is 28.5 Å². The lowest BCUT2D eigenvalue weighted by molar-refractivity contribution is -0.138. The number of rotatable bonds is 4. The van der Waals surface area contributed by atoms with Crippen molar-refractivity contribution in [1.29, 1.82) is 0 Å². The Hall–Kier alpha value is -1.90. The zero-order valence-corrected chi connectivity index (χ0v) is 12.5. The van der Waals surface area contributed by atoms with E-state index in [4.69, 9.17) is 5.11 Å². The normalized spacial score (nSPS) is 12.1. The predicted octanol–water partition coefficient (Wildman–Crippen LogP) is 4.11. The van der Waals surface area contributed by atoms with E-state index in [0.717, 1.165) is 10.9 Å². The van der Waals surface area contributed by atoms with Gasteiger partial charge in [-0.15, -0.1) is 0 Å². The second kappa shape index (κ2) is 5.23. The van der Waals surface area contributed by atoms with Crippen molar-refractivity contribution in [2.24, 2.45) is 0 Å². The topological polar surface area (TPSA) is 50.2 Å². The zero-order valence-electron chi connectivity index (χ0n) is 12.5. The van der Waals surface area contributed by atoms with Crippen LogP contribution >= 0.6 is 0 Å². The molecule has 1 N–H and O–H groups in total. The Labute approximate surface area is 119 Å². The molecule has 20 heavy (non-hydrogen) atoms. The number of benzene rings is 1. The van der Waals surface area contributed by atoms with Crippen molar-refractivity contribution in [3.05, 3.63) is 41.7 Å².